The monoisotopic (exact) mass is 561 g/mol. The van der Waals surface area contributed by atoms with E-state index in [1.54, 1.807) is 17.0 Å². The molecule has 2 amide bonds. The molecule has 1 saturated heterocycles. The molecule has 1 aliphatic rings. The SMILES string of the molecule is CC(C)NC(=O)C1CCN(C(=O)c2ccc(NS(=O)(=O)c3ccc(F)cc3)cc2)CC1.O=C(O)C(F)(F)F. The normalized spacial score (nSPS) is 14.3. The predicted octanol–water partition coefficient (Wildman–Crippen LogP) is 3.64. The van der Waals surface area contributed by atoms with Gasteiger partial charge < -0.3 is 15.3 Å². The number of likely N-dealkylation sites (tertiary alicyclic amines) is 1. The van der Waals surface area contributed by atoms with Crippen LogP contribution in [0.15, 0.2) is 53.4 Å². The van der Waals surface area contributed by atoms with Crippen LogP contribution in [0.3, 0.4) is 0 Å². The van der Waals surface area contributed by atoms with Crippen LogP contribution < -0.4 is 10.0 Å². The zero-order valence-electron chi connectivity index (χ0n) is 20.5. The second-order valence-corrected chi connectivity index (χ2v) is 10.4. The molecule has 1 fully saturated rings. The van der Waals surface area contributed by atoms with Crippen molar-refractivity contribution in [3.05, 3.63) is 59.9 Å². The van der Waals surface area contributed by atoms with Gasteiger partial charge in [-0.05, 0) is 75.2 Å². The third-order valence-electron chi connectivity index (χ3n) is 5.33. The van der Waals surface area contributed by atoms with Crippen molar-refractivity contribution >= 4 is 33.5 Å². The van der Waals surface area contributed by atoms with E-state index >= 15 is 0 Å². The molecule has 0 bridgehead atoms. The number of rotatable bonds is 6. The summed E-state index contributed by atoms with van der Waals surface area (Å²) < 4.78 is 71.9. The second-order valence-electron chi connectivity index (χ2n) is 8.67. The fraction of sp³-hybridized carbons (Fsp3) is 0.375. The van der Waals surface area contributed by atoms with Gasteiger partial charge in [-0.25, -0.2) is 17.6 Å². The van der Waals surface area contributed by atoms with Crippen molar-refractivity contribution in [3.63, 3.8) is 0 Å². The molecule has 3 rings (SSSR count). The van der Waals surface area contributed by atoms with E-state index in [4.69, 9.17) is 9.90 Å². The number of nitrogens with zero attached hydrogens (tertiary/aromatic N) is 1. The first kappa shape index (κ1) is 30.5. The zero-order chi connectivity index (χ0) is 28.7. The molecule has 0 unspecified atom stereocenters. The summed E-state index contributed by atoms with van der Waals surface area (Å²) in [6.45, 7) is 4.82. The van der Waals surface area contributed by atoms with E-state index in [0.717, 1.165) is 12.1 Å². The highest BCUT2D eigenvalue weighted by molar-refractivity contribution is 7.92. The maximum atomic E-state index is 13.0. The maximum absolute atomic E-state index is 13.0. The highest BCUT2D eigenvalue weighted by Crippen LogP contribution is 2.21. The van der Waals surface area contributed by atoms with Crippen LogP contribution in [0.2, 0.25) is 0 Å². The third kappa shape index (κ3) is 9.01. The van der Waals surface area contributed by atoms with Crippen LogP contribution in [0.4, 0.5) is 23.2 Å². The summed E-state index contributed by atoms with van der Waals surface area (Å²) in [5.41, 5.74) is 0.736. The minimum Gasteiger partial charge on any atom is -0.475 e. The van der Waals surface area contributed by atoms with Gasteiger partial charge in [0, 0.05) is 36.3 Å². The Labute approximate surface area is 216 Å². The predicted molar refractivity (Wildman–Crippen MR) is 129 cm³/mol. The van der Waals surface area contributed by atoms with E-state index < -0.39 is 28.0 Å². The molecule has 0 aromatic heterocycles. The van der Waals surface area contributed by atoms with Gasteiger partial charge in [-0.3, -0.25) is 14.3 Å². The van der Waals surface area contributed by atoms with Gasteiger partial charge in [0.05, 0.1) is 4.90 Å². The Morgan fingerprint density at radius 3 is 1.92 bits per heavy atom. The topological polar surface area (TPSA) is 133 Å². The van der Waals surface area contributed by atoms with Crippen LogP contribution in [0, 0.1) is 11.7 Å². The molecule has 0 radical (unpaired) electrons. The van der Waals surface area contributed by atoms with Crippen molar-refractivity contribution < 1.29 is 45.5 Å². The molecule has 2 aromatic rings. The lowest BCUT2D eigenvalue weighted by Gasteiger charge is -2.31. The molecule has 14 heteroatoms. The number of anilines is 1. The Hall–Kier alpha value is -3.68. The molecule has 0 aliphatic carbocycles. The minimum absolute atomic E-state index is 0.0277. The Balaban J connectivity index is 0.000000638. The Kier molecular flexibility index (Phi) is 10.2. The summed E-state index contributed by atoms with van der Waals surface area (Å²) in [5, 5.41) is 10.0. The summed E-state index contributed by atoms with van der Waals surface area (Å²) in [6, 6.07) is 10.7. The van der Waals surface area contributed by atoms with Gasteiger partial charge in [0.15, 0.2) is 0 Å². The molecule has 2 aromatic carbocycles. The number of carboxylic acid groups (broad SMARTS) is 1. The highest BCUT2D eigenvalue weighted by atomic mass is 32.2. The molecule has 9 nitrogen and oxygen atoms in total. The lowest BCUT2D eigenvalue weighted by molar-refractivity contribution is -0.192. The van der Waals surface area contributed by atoms with Gasteiger partial charge in [-0.2, -0.15) is 13.2 Å². The van der Waals surface area contributed by atoms with Gasteiger partial charge in [0.25, 0.3) is 15.9 Å². The minimum atomic E-state index is -5.08. The van der Waals surface area contributed by atoms with Crippen molar-refractivity contribution in [1.29, 1.82) is 0 Å². The first-order valence-electron chi connectivity index (χ1n) is 11.4. The van der Waals surface area contributed by atoms with Crippen LogP contribution in [0.5, 0.6) is 0 Å². The number of aliphatic carboxylic acids is 1. The largest absolute Gasteiger partial charge is 0.490 e. The number of nitrogens with one attached hydrogen (secondary N) is 2. The summed E-state index contributed by atoms with van der Waals surface area (Å²) >= 11 is 0. The van der Waals surface area contributed by atoms with Crippen molar-refractivity contribution in [2.24, 2.45) is 5.92 Å². The highest BCUT2D eigenvalue weighted by Gasteiger charge is 2.38. The van der Waals surface area contributed by atoms with Crippen LogP contribution in [-0.2, 0) is 19.6 Å². The number of benzene rings is 2. The number of halogens is 4. The summed E-state index contributed by atoms with van der Waals surface area (Å²) in [5.74, 6) is -3.50. The lowest BCUT2D eigenvalue weighted by Crippen LogP contribution is -2.44. The number of carbonyl (C=O) groups is 3. The first-order valence-corrected chi connectivity index (χ1v) is 12.9. The summed E-state index contributed by atoms with van der Waals surface area (Å²) in [4.78, 5) is 35.4. The van der Waals surface area contributed by atoms with E-state index in [-0.39, 0.29) is 28.7 Å². The van der Waals surface area contributed by atoms with Crippen molar-refractivity contribution in [2.75, 3.05) is 17.8 Å². The third-order valence-corrected chi connectivity index (χ3v) is 6.73. The van der Waals surface area contributed by atoms with Gasteiger partial charge in [-0.1, -0.05) is 0 Å². The number of carbonyl (C=O) groups excluding carboxylic acids is 2. The second kappa shape index (κ2) is 12.7. The number of piperidine rings is 1. The van der Waals surface area contributed by atoms with Gasteiger partial charge in [-0.15, -0.1) is 0 Å². The van der Waals surface area contributed by atoms with Gasteiger partial charge >= 0.3 is 12.1 Å². The average Bonchev–Trinajstić information content (AvgIpc) is 2.83. The van der Waals surface area contributed by atoms with Crippen LogP contribution in [0.25, 0.3) is 0 Å². The summed E-state index contributed by atoms with van der Waals surface area (Å²) in [7, 11) is -3.86. The standard InChI is InChI=1S/C22H26FN3O4S.C2HF3O2/c1-15(2)24-21(27)16-11-13-26(14-12-16)22(28)17-3-7-19(8-4-17)25-31(29,30)20-9-5-18(23)6-10-20;3-2(4,5)1(6)7/h3-10,15-16,25H,11-14H2,1-2H3,(H,24,27);(H,6,7). The van der Waals surface area contributed by atoms with E-state index in [1.165, 1.54) is 24.3 Å². The zero-order valence-corrected chi connectivity index (χ0v) is 21.3. The molecule has 208 valence electrons. The lowest BCUT2D eigenvalue weighted by atomic mass is 9.95. The molecule has 1 heterocycles. The van der Waals surface area contributed by atoms with Crippen molar-refractivity contribution in [2.45, 2.75) is 43.8 Å². The van der Waals surface area contributed by atoms with Gasteiger partial charge in [0.1, 0.15) is 5.82 Å². The maximum Gasteiger partial charge on any atom is 0.490 e. The molecule has 1 aliphatic heterocycles. The number of hydrogen-bond donors (Lipinski definition) is 3. The first-order chi connectivity index (χ1) is 17.6. The smallest absolute Gasteiger partial charge is 0.475 e. The number of alkyl halides is 3. The Bertz CT molecular complexity index is 1230. The van der Waals surface area contributed by atoms with E-state index in [9.17, 15) is 35.6 Å². The van der Waals surface area contributed by atoms with Crippen molar-refractivity contribution in [1.82, 2.24) is 10.2 Å². The number of carboxylic acids is 1. The van der Waals surface area contributed by atoms with Crippen LogP contribution >= 0.6 is 0 Å². The molecule has 0 spiro atoms. The van der Waals surface area contributed by atoms with E-state index in [2.05, 4.69) is 10.0 Å². The fourth-order valence-electron chi connectivity index (χ4n) is 3.44. The molecular formula is C24H27F4N3O6S. The molecule has 0 saturated carbocycles. The fourth-order valence-corrected chi connectivity index (χ4v) is 4.50. The average molecular weight is 562 g/mol. The van der Waals surface area contributed by atoms with Crippen LogP contribution in [-0.4, -0.2) is 61.5 Å². The number of hydrogen-bond acceptors (Lipinski definition) is 5. The molecule has 0 atom stereocenters. The Morgan fingerprint density at radius 2 is 1.47 bits per heavy atom. The Morgan fingerprint density at radius 1 is 0.974 bits per heavy atom. The van der Waals surface area contributed by atoms with Gasteiger partial charge in [0.2, 0.25) is 5.91 Å². The molecular weight excluding hydrogens is 534 g/mol. The molecule has 3 N–H and O–H groups in total. The van der Waals surface area contributed by atoms with Crippen LogP contribution in [0.1, 0.15) is 37.0 Å². The quantitative estimate of drug-likeness (QED) is 0.462. The van der Waals surface area contributed by atoms with E-state index in [1.807, 2.05) is 13.8 Å². The van der Waals surface area contributed by atoms with Crippen molar-refractivity contribution in [3.8, 4) is 0 Å². The molecule has 38 heavy (non-hydrogen) atoms. The summed E-state index contributed by atoms with van der Waals surface area (Å²) in [6.07, 6.45) is -3.86. The number of amides is 2. The van der Waals surface area contributed by atoms with E-state index in [0.29, 0.717) is 37.2 Å². The number of sulfonamides is 1.